The van der Waals surface area contributed by atoms with Crippen LogP contribution in [-0.2, 0) is 28.8 Å². The number of rotatable bonds is 14. The first-order valence-corrected chi connectivity index (χ1v) is 9.98. The van der Waals surface area contributed by atoms with Crippen LogP contribution in [0.25, 0.3) is 0 Å². The van der Waals surface area contributed by atoms with Gasteiger partial charge in [-0.3, -0.25) is 24.0 Å². The first kappa shape index (κ1) is 28.8. The normalized spacial score (nSPS) is 14.7. The molecule has 0 aliphatic rings. The Morgan fingerprint density at radius 3 is 1.62 bits per heavy atom. The summed E-state index contributed by atoms with van der Waals surface area (Å²) < 4.78 is 0. The molecular weight excluding hydrogens is 428 g/mol. The molecule has 0 aliphatic heterocycles. The number of hydrogen-bond acceptors (Lipinski definition) is 7. The summed E-state index contributed by atoms with van der Waals surface area (Å²) in [6, 6.07) is -5.57. The number of carbonyl (C=O) groups is 6. The summed E-state index contributed by atoms with van der Waals surface area (Å²) in [5.74, 6) is -7.49. The van der Waals surface area contributed by atoms with Gasteiger partial charge in [0.05, 0.1) is 18.9 Å². The summed E-state index contributed by atoms with van der Waals surface area (Å²) in [6.45, 7) is 6.60. The molecule has 0 spiro atoms. The van der Waals surface area contributed by atoms with Crippen LogP contribution in [0.4, 0.5) is 0 Å². The lowest BCUT2D eigenvalue weighted by Crippen LogP contribution is -2.58. The second-order valence-electron chi connectivity index (χ2n) is 8.12. The Morgan fingerprint density at radius 1 is 0.719 bits per heavy atom. The molecule has 4 unspecified atom stereocenters. The summed E-state index contributed by atoms with van der Waals surface area (Å²) in [5, 5.41) is 33.8. The SMILES string of the molecule is CC(C)CC(NC(=O)C(CC(=O)O)NC(=O)C(NC(=O)C(N)CC(=O)O)C(C)C)C(=O)O. The first-order valence-electron chi connectivity index (χ1n) is 9.98. The van der Waals surface area contributed by atoms with E-state index >= 15 is 0 Å². The minimum Gasteiger partial charge on any atom is -0.481 e. The number of aliphatic carboxylic acids is 3. The van der Waals surface area contributed by atoms with Crippen molar-refractivity contribution in [3.63, 3.8) is 0 Å². The van der Waals surface area contributed by atoms with E-state index < -0.39 is 78.6 Å². The lowest BCUT2D eigenvalue weighted by Gasteiger charge is -2.26. The zero-order chi connectivity index (χ0) is 25.2. The van der Waals surface area contributed by atoms with Crippen LogP contribution in [0.2, 0.25) is 0 Å². The second kappa shape index (κ2) is 13.2. The van der Waals surface area contributed by atoms with Crippen molar-refractivity contribution in [3.8, 4) is 0 Å². The Morgan fingerprint density at radius 2 is 1.22 bits per heavy atom. The fraction of sp³-hybridized carbons (Fsp3) is 0.684. The summed E-state index contributed by atoms with van der Waals surface area (Å²) >= 11 is 0. The van der Waals surface area contributed by atoms with Crippen molar-refractivity contribution >= 4 is 35.6 Å². The predicted molar refractivity (Wildman–Crippen MR) is 110 cm³/mol. The monoisotopic (exact) mass is 460 g/mol. The van der Waals surface area contributed by atoms with E-state index in [1.165, 1.54) is 0 Å². The lowest BCUT2D eigenvalue weighted by molar-refractivity contribution is -0.144. The van der Waals surface area contributed by atoms with Crippen molar-refractivity contribution in [2.45, 2.75) is 71.1 Å². The molecular formula is C19H32N4O9. The van der Waals surface area contributed by atoms with E-state index in [4.69, 9.17) is 15.9 Å². The smallest absolute Gasteiger partial charge is 0.326 e. The van der Waals surface area contributed by atoms with Crippen LogP contribution in [-0.4, -0.2) is 75.1 Å². The average Bonchev–Trinajstić information content (AvgIpc) is 2.62. The molecule has 0 radical (unpaired) electrons. The number of nitrogens with one attached hydrogen (secondary N) is 3. The van der Waals surface area contributed by atoms with E-state index in [9.17, 15) is 33.9 Å². The highest BCUT2D eigenvalue weighted by molar-refractivity contribution is 5.96. The molecule has 0 fully saturated rings. The fourth-order valence-electron chi connectivity index (χ4n) is 2.69. The molecule has 0 aliphatic carbocycles. The lowest BCUT2D eigenvalue weighted by atomic mass is 10.0. The highest BCUT2D eigenvalue weighted by atomic mass is 16.4. The first-order chi connectivity index (χ1) is 14.6. The molecule has 0 bridgehead atoms. The van der Waals surface area contributed by atoms with Crippen molar-refractivity contribution in [1.29, 1.82) is 0 Å². The molecule has 3 amide bonds. The molecule has 4 atom stereocenters. The minimum atomic E-state index is -1.61. The highest BCUT2D eigenvalue weighted by Crippen LogP contribution is 2.08. The van der Waals surface area contributed by atoms with Crippen molar-refractivity contribution in [2.75, 3.05) is 0 Å². The fourth-order valence-corrected chi connectivity index (χ4v) is 2.69. The van der Waals surface area contributed by atoms with E-state index in [0.29, 0.717) is 0 Å². The van der Waals surface area contributed by atoms with Crippen molar-refractivity contribution < 1.29 is 44.1 Å². The molecule has 8 N–H and O–H groups in total. The van der Waals surface area contributed by atoms with Crippen LogP contribution >= 0.6 is 0 Å². The third kappa shape index (κ3) is 10.7. The quantitative estimate of drug-likeness (QED) is 0.159. The molecule has 0 saturated carbocycles. The maximum atomic E-state index is 12.7. The van der Waals surface area contributed by atoms with Gasteiger partial charge < -0.3 is 37.0 Å². The third-order valence-electron chi connectivity index (χ3n) is 4.31. The van der Waals surface area contributed by atoms with Crippen molar-refractivity contribution in [3.05, 3.63) is 0 Å². The van der Waals surface area contributed by atoms with Gasteiger partial charge in [-0.15, -0.1) is 0 Å². The zero-order valence-corrected chi connectivity index (χ0v) is 18.5. The van der Waals surface area contributed by atoms with Gasteiger partial charge in [0.25, 0.3) is 0 Å². The van der Waals surface area contributed by atoms with Crippen LogP contribution < -0.4 is 21.7 Å². The van der Waals surface area contributed by atoms with Gasteiger partial charge in [-0.2, -0.15) is 0 Å². The molecule has 0 aromatic rings. The van der Waals surface area contributed by atoms with Crippen LogP contribution in [0, 0.1) is 11.8 Å². The van der Waals surface area contributed by atoms with Gasteiger partial charge in [-0.05, 0) is 18.3 Å². The Kier molecular flexibility index (Phi) is 11.9. The summed E-state index contributed by atoms with van der Waals surface area (Å²) in [7, 11) is 0. The van der Waals surface area contributed by atoms with Crippen LogP contribution in [0.1, 0.15) is 47.0 Å². The second-order valence-corrected chi connectivity index (χ2v) is 8.12. The Hall–Kier alpha value is -3.22. The maximum absolute atomic E-state index is 12.7. The van der Waals surface area contributed by atoms with Gasteiger partial charge in [0, 0.05) is 0 Å². The molecule has 0 saturated heterocycles. The maximum Gasteiger partial charge on any atom is 0.326 e. The topological polar surface area (TPSA) is 225 Å². The van der Waals surface area contributed by atoms with Gasteiger partial charge in [0.1, 0.15) is 18.1 Å². The van der Waals surface area contributed by atoms with Gasteiger partial charge in [0.15, 0.2) is 0 Å². The van der Waals surface area contributed by atoms with E-state index in [2.05, 4.69) is 16.0 Å². The summed E-state index contributed by atoms with van der Waals surface area (Å²) in [4.78, 5) is 70.6. The van der Waals surface area contributed by atoms with Crippen LogP contribution in [0.15, 0.2) is 0 Å². The van der Waals surface area contributed by atoms with E-state index in [-0.39, 0.29) is 12.3 Å². The minimum absolute atomic E-state index is 0.0838. The van der Waals surface area contributed by atoms with Crippen LogP contribution in [0.5, 0.6) is 0 Å². The molecule has 0 rings (SSSR count). The van der Waals surface area contributed by atoms with Gasteiger partial charge in [-0.25, -0.2) is 4.79 Å². The molecule has 182 valence electrons. The Balaban J connectivity index is 5.47. The Bertz CT molecular complexity index is 724. The average molecular weight is 460 g/mol. The number of hydrogen-bond donors (Lipinski definition) is 7. The van der Waals surface area contributed by atoms with Gasteiger partial charge in [-0.1, -0.05) is 27.7 Å². The summed E-state index contributed by atoms with van der Waals surface area (Å²) in [5.41, 5.74) is 5.48. The van der Waals surface area contributed by atoms with Crippen LogP contribution in [0.3, 0.4) is 0 Å². The largest absolute Gasteiger partial charge is 0.481 e. The molecule has 0 heterocycles. The number of amides is 3. The predicted octanol–water partition coefficient (Wildman–Crippen LogP) is -1.50. The van der Waals surface area contributed by atoms with Crippen molar-refractivity contribution in [2.24, 2.45) is 17.6 Å². The summed E-state index contributed by atoms with van der Waals surface area (Å²) in [6.07, 6.45) is -1.42. The van der Waals surface area contributed by atoms with E-state index in [0.717, 1.165) is 0 Å². The third-order valence-corrected chi connectivity index (χ3v) is 4.31. The van der Waals surface area contributed by atoms with E-state index in [1.54, 1.807) is 27.7 Å². The Labute approximate surface area is 185 Å². The number of carbonyl (C=O) groups excluding carboxylic acids is 3. The number of carboxylic acids is 3. The van der Waals surface area contributed by atoms with Gasteiger partial charge in [0.2, 0.25) is 17.7 Å². The van der Waals surface area contributed by atoms with Crippen molar-refractivity contribution in [1.82, 2.24) is 16.0 Å². The molecule has 32 heavy (non-hydrogen) atoms. The standard InChI is InChI=1S/C19H32N4O9/c1-8(2)5-12(19(31)32)22-17(29)11(7-14(26)27)21-18(30)15(9(3)4)23-16(28)10(20)6-13(24)25/h8-12,15H,5-7,20H2,1-4H3,(H,21,30)(H,22,29)(H,23,28)(H,24,25)(H,26,27)(H,31,32). The molecule has 0 aromatic heterocycles. The molecule has 0 aromatic carbocycles. The number of nitrogens with two attached hydrogens (primary N) is 1. The highest BCUT2D eigenvalue weighted by Gasteiger charge is 2.33. The molecule has 13 heteroatoms. The number of carboxylic acid groups (broad SMARTS) is 3. The zero-order valence-electron chi connectivity index (χ0n) is 18.5. The molecule has 13 nitrogen and oxygen atoms in total. The van der Waals surface area contributed by atoms with E-state index in [1.807, 2.05) is 0 Å². The van der Waals surface area contributed by atoms with Gasteiger partial charge >= 0.3 is 17.9 Å².